The van der Waals surface area contributed by atoms with E-state index in [-0.39, 0.29) is 0 Å². The lowest BCUT2D eigenvalue weighted by molar-refractivity contribution is 0.308. The van der Waals surface area contributed by atoms with Crippen molar-refractivity contribution < 1.29 is 9.47 Å². The van der Waals surface area contributed by atoms with Gasteiger partial charge < -0.3 is 15.2 Å². The molecule has 0 spiro atoms. The van der Waals surface area contributed by atoms with Crippen LogP contribution in [0.2, 0.25) is 0 Å². The quantitative estimate of drug-likeness (QED) is 0.903. The fraction of sp³-hybridized carbons (Fsp3) is 0.400. The van der Waals surface area contributed by atoms with Gasteiger partial charge in [0, 0.05) is 6.54 Å². The summed E-state index contributed by atoms with van der Waals surface area (Å²) in [5, 5.41) is 0. The van der Waals surface area contributed by atoms with Gasteiger partial charge in [-0.25, -0.2) is 0 Å². The Morgan fingerprint density at radius 1 is 1.43 bits per heavy atom. The van der Waals surface area contributed by atoms with Crippen molar-refractivity contribution in [3.8, 4) is 11.5 Å². The molecule has 0 amide bonds. The first-order valence-corrected chi connectivity index (χ1v) is 5.21. The number of nitrogens with two attached hydrogens (primary N) is 1. The molecular formula is C10H14BrNO2. The van der Waals surface area contributed by atoms with Crippen molar-refractivity contribution >= 4 is 15.9 Å². The van der Waals surface area contributed by atoms with Gasteiger partial charge in [-0.15, -0.1) is 0 Å². The van der Waals surface area contributed by atoms with E-state index < -0.39 is 0 Å². The number of ether oxygens (including phenoxy) is 2. The minimum atomic E-state index is 0.487. The number of halogens is 1. The van der Waals surface area contributed by atoms with Crippen LogP contribution in [-0.4, -0.2) is 13.7 Å². The molecule has 0 fully saturated rings. The van der Waals surface area contributed by atoms with Crippen LogP contribution in [0.25, 0.3) is 0 Å². The van der Waals surface area contributed by atoms with Crippen LogP contribution in [0.4, 0.5) is 0 Å². The maximum atomic E-state index is 5.55. The summed E-state index contributed by atoms with van der Waals surface area (Å²) in [6.07, 6.45) is 0. The van der Waals surface area contributed by atoms with E-state index in [0.717, 1.165) is 15.8 Å². The van der Waals surface area contributed by atoms with Gasteiger partial charge in [0.05, 0.1) is 18.2 Å². The Morgan fingerprint density at radius 3 is 2.64 bits per heavy atom. The van der Waals surface area contributed by atoms with Crippen LogP contribution in [0, 0.1) is 0 Å². The maximum Gasteiger partial charge on any atom is 0.175 e. The molecule has 0 heterocycles. The van der Waals surface area contributed by atoms with Crippen LogP contribution in [0.1, 0.15) is 12.5 Å². The summed E-state index contributed by atoms with van der Waals surface area (Å²) >= 11 is 3.42. The molecule has 0 bridgehead atoms. The summed E-state index contributed by atoms with van der Waals surface area (Å²) in [5.41, 5.74) is 6.56. The highest BCUT2D eigenvalue weighted by atomic mass is 79.9. The third-order valence-electron chi connectivity index (χ3n) is 1.81. The maximum absolute atomic E-state index is 5.55. The minimum Gasteiger partial charge on any atom is -0.493 e. The standard InChI is InChI=1S/C10H14BrNO2/c1-3-14-10-8(11)4-7(6-12)5-9(10)13-2/h4-5H,3,6,12H2,1-2H3. The molecule has 0 unspecified atom stereocenters. The summed E-state index contributed by atoms with van der Waals surface area (Å²) in [6.45, 7) is 3.03. The lowest BCUT2D eigenvalue weighted by Crippen LogP contribution is -2.00. The average molecular weight is 260 g/mol. The Morgan fingerprint density at radius 2 is 2.14 bits per heavy atom. The molecule has 3 nitrogen and oxygen atoms in total. The second-order valence-corrected chi connectivity index (χ2v) is 3.60. The first-order valence-electron chi connectivity index (χ1n) is 4.42. The Bertz CT molecular complexity index is 315. The molecule has 0 saturated heterocycles. The van der Waals surface area contributed by atoms with Crippen molar-refractivity contribution in [1.82, 2.24) is 0 Å². The van der Waals surface area contributed by atoms with Crippen molar-refractivity contribution in [2.75, 3.05) is 13.7 Å². The van der Waals surface area contributed by atoms with E-state index >= 15 is 0 Å². The molecule has 1 aromatic carbocycles. The lowest BCUT2D eigenvalue weighted by atomic mass is 10.2. The van der Waals surface area contributed by atoms with E-state index in [2.05, 4.69) is 15.9 Å². The largest absolute Gasteiger partial charge is 0.493 e. The van der Waals surface area contributed by atoms with E-state index in [4.69, 9.17) is 15.2 Å². The summed E-state index contributed by atoms with van der Waals surface area (Å²) in [7, 11) is 1.62. The molecule has 0 aliphatic rings. The highest BCUT2D eigenvalue weighted by Crippen LogP contribution is 2.36. The molecule has 0 aliphatic heterocycles. The highest BCUT2D eigenvalue weighted by Gasteiger charge is 2.10. The molecule has 14 heavy (non-hydrogen) atoms. The van der Waals surface area contributed by atoms with E-state index in [1.165, 1.54) is 0 Å². The first-order chi connectivity index (χ1) is 6.72. The van der Waals surface area contributed by atoms with E-state index in [1.54, 1.807) is 7.11 Å². The average Bonchev–Trinajstić information content (AvgIpc) is 2.20. The molecule has 0 aliphatic carbocycles. The monoisotopic (exact) mass is 259 g/mol. The first kappa shape index (κ1) is 11.3. The fourth-order valence-corrected chi connectivity index (χ4v) is 1.78. The van der Waals surface area contributed by atoms with Crippen LogP contribution < -0.4 is 15.2 Å². The molecule has 2 N–H and O–H groups in total. The lowest BCUT2D eigenvalue weighted by Gasteiger charge is -2.12. The Hall–Kier alpha value is -0.740. The second-order valence-electron chi connectivity index (χ2n) is 2.75. The van der Waals surface area contributed by atoms with Gasteiger partial charge in [0.1, 0.15) is 0 Å². The highest BCUT2D eigenvalue weighted by molar-refractivity contribution is 9.10. The number of methoxy groups -OCH3 is 1. The van der Waals surface area contributed by atoms with Crippen LogP contribution in [0.3, 0.4) is 0 Å². The molecule has 4 heteroatoms. The molecule has 78 valence electrons. The molecule has 0 aromatic heterocycles. The van der Waals surface area contributed by atoms with Gasteiger partial charge in [0.15, 0.2) is 11.5 Å². The van der Waals surface area contributed by atoms with Crippen molar-refractivity contribution in [2.24, 2.45) is 5.73 Å². The zero-order valence-corrected chi connectivity index (χ0v) is 9.93. The smallest absolute Gasteiger partial charge is 0.175 e. The molecule has 1 rings (SSSR count). The van der Waals surface area contributed by atoms with Crippen molar-refractivity contribution in [2.45, 2.75) is 13.5 Å². The van der Waals surface area contributed by atoms with Gasteiger partial charge >= 0.3 is 0 Å². The normalized spacial score (nSPS) is 10.0. The second kappa shape index (κ2) is 5.22. The summed E-state index contributed by atoms with van der Waals surface area (Å²) in [5.74, 6) is 1.44. The van der Waals surface area contributed by atoms with Gasteiger partial charge in [0.25, 0.3) is 0 Å². The topological polar surface area (TPSA) is 44.5 Å². The van der Waals surface area contributed by atoms with Gasteiger partial charge in [-0.1, -0.05) is 0 Å². The molecule has 0 saturated carbocycles. The predicted octanol–water partition coefficient (Wildman–Crippen LogP) is 2.32. The summed E-state index contributed by atoms with van der Waals surface area (Å²) < 4.78 is 11.5. The van der Waals surface area contributed by atoms with Crippen molar-refractivity contribution in [3.63, 3.8) is 0 Å². The van der Waals surface area contributed by atoms with Crippen LogP contribution >= 0.6 is 15.9 Å². The third-order valence-corrected chi connectivity index (χ3v) is 2.40. The van der Waals surface area contributed by atoms with E-state index in [1.807, 2.05) is 19.1 Å². The number of rotatable bonds is 4. The SMILES string of the molecule is CCOc1c(Br)cc(CN)cc1OC. The van der Waals surface area contributed by atoms with Gasteiger partial charge in [-0.05, 0) is 40.5 Å². The van der Waals surface area contributed by atoms with Crippen molar-refractivity contribution in [1.29, 1.82) is 0 Å². The fourth-order valence-electron chi connectivity index (χ4n) is 1.18. The van der Waals surface area contributed by atoms with Crippen molar-refractivity contribution in [3.05, 3.63) is 22.2 Å². The zero-order valence-electron chi connectivity index (χ0n) is 8.34. The Kier molecular flexibility index (Phi) is 4.22. The predicted molar refractivity (Wildman–Crippen MR) is 59.8 cm³/mol. The molecule has 0 radical (unpaired) electrons. The zero-order chi connectivity index (χ0) is 10.6. The summed E-state index contributed by atoms with van der Waals surface area (Å²) in [4.78, 5) is 0. The number of hydrogen-bond donors (Lipinski definition) is 1. The van der Waals surface area contributed by atoms with Crippen LogP contribution in [0.5, 0.6) is 11.5 Å². The van der Waals surface area contributed by atoms with Crippen LogP contribution in [0.15, 0.2) is 16.6 Å². The Balaban J connectivity index is 3.13. The van der Waals surface area contributed by atoms with E-state index in [0.29, 0.717) is 18.9 Å². The van der Waals surface area contributed by atoms with Gasteiger partial charge in [0.2, 0.25) is 0 Å². The van der Waals surface area contributed by atoms with Gasteiger partial charge in [-0.2, -0.15) is 0 Å². The number of benzene rings is 1. The number of hydrogen-bond acceptors (Lipinski definition) is 3. The molecule has 0 atom stereocenters. The van der Waals surface area contributed by atoms with Crippen LogP contribution in [-0.2, 0) is 6.54 Å². The summed E-state index contributed by atoms with van der Waals surface area (Å²) in [6, 6.07) is 3.82. The molecule has 1 aromatic rings. The molecular weight excluding hydrogens is 246 g/mol. The van der Waals surface area contributed by atoms with E-state index in [9.17, 15) is 0 Å². The minimum absolute atomic E-state index is 0.487. The third kappa shape index (κ3) is 2.39. The van der Waals surface area contributed by atoms with Gasteiger partial charge in [-0.3, -0.25) is 0 Å². The Labute approximate surface area is 92.3 Å².